The van der Waals surface area contributed by atoms with Gasteiger partial charge in [-0.05, 0) is 24.6 Å². The zero-order valence-corrected chi connectivity index (χ0v) is 10.8. The molecule has 3 nitrogen and oxygen atoms in total. The van der Waals surface area contributed by atoms with Crippen LogP contribution in [0.5, 0.6) is 0 Å². The highest BCUT2D eigenvalue weighted by Gasteiger charge is 2.11. The van der Waals surface area contributed by atoms with Crippen LogP contribution in [-0.2, 0) is 7.05 Å². The lowest BCUT2D eigenvalue weighted by atomic mass is 10.2. The van der Waals surface area contributed by atoms with Crippen LogP contribution in [0.25, 0.3) is 0 Å². The van der Waals surface area contributed by atoms with Crippen molar-refractivity contribution in [1.82, 2.24) is 9.78 Å². The molecular weight excluding hydrogens is 232 g/mol. The smallest absolute Gasteiger partial charge is 0.107 e. The lowest BCUT2D eigenvalue weighted by molar-refractivity contribution is 0.198. The van der Waals surface area contributed by atoms with Gasteiger partial charge in [0.2, 0.25) is 0 Å². The Morgan fingerprint density at radius 2 is 2.12 bits per heavy atom. The van der Waals surface area contributed by atoms with Crippen molar-refractivity contribution < 1.29 is 5.11 Å². The molecule has 1 aromatic heterocycles. The third-order valence-corrected chi connectivity index (χ3v) is 3.82. The molecule has 1 unspecified atom stereocenters. The van der Waals surface area contributed by atoms with E-state index in [0.29, 0.717) is 5.75 Å². The molecule has 0 aliphatic rings. The van der Waals surface area contributed by atoms with Gasteiger partial charge in [0, 0.05) is 23.9 Å². The minimum atomic E-state index is -0.513. The fraction of sp³-hybridized carbons (Fsp3) is 0.308. The van der Waals surface area contributed by atoms with Crippen LogP contribution in [-0.4, -0.2) is 20.6 Å². The summed E-state index contributed by atoms with van der Waals surface area (Å²) < 4.78 is 1.71. The van der Waals surface area contributed by atoms with E-state index in [9.17, 15) is 5.11 Å². The maximum Gasteiger partial charge on any atom is 0.107 e. The third-order valence-electron chi connectivity index (χ3n) is 2.57. The fourth-order valence-electron chi connectivity index (χ4n) is 1.58. The molecule has 4 heteroatoms. The Bertz CT molecular complexity index is 496. The van der Waals surface area contributed by atoms with E-state index in [1.165, 1.54) is 10.5 Å². The van der Waals surface area contributed by atoms with Crippen LogP contribution in [0.15, 0.2) is 41.4 Å². The first-order chi connectivity index (χ1) is 8.16. The molecule has 2 aromatic rings. The number of benzene rings is 1. The highest BCUT2D eigenvalue weighted by molar-refractivity contribution is 7.99. The van der Waals surface area contributed by atoms with Gasteiger partial charge >= 0.3 is 0 Å². The topological polar surface area (TPSA) is 38.0 Å². The van der Waals surface area contributed by atoms with Gasteiger partial charge in [0.1, 0.15) is 6.10 Å². The molecule has 0 radical (unpaired) electrons. The van der Waals surface area contributed by atoms with Crippen LogP contribution in [0.2, 0.25) is 0 Å². The normalized spacial score (nSPS) is 12.6. The van der Waals surface area contributed by atoms with Crippen molar-refractivity contribution in [1.29, 1.82) is 0 Å². The van der Waals surface area contributed by atoms with Crippen LogP contribution in [0, 0.1) is 6.92 Å². The number of hydrogen-bond donors (Lipinski definition) is 1. The summed E-state index contributed by atoms with van der Waals surface area (Å²) >= 11 is 1.66. The number of aliphatic hydroxyl groups excluding tert-OH is 1. The quantitative estimate of drug-likeness (QED) is 0.845. The fourth-order valence-corrected chi connectivity index (χ4v) is 2.56. The Morgan fingerprint density at radius 1 is 1.35 bits per heavy atom. The highest BCUT2D eigenvalue weighted by atomic mass is 32.2. The summed E-state index contributed by atoms with van der Waals surface area (Å²) in [5, 5.41) is 14.2. The summed E-state index contributed by atoms with van der Waals surface area (Å²) in [6, 6.07) is 10.0. The van der Waals surface area contributed by atoms with Crippen LogP contribution < -0.4 is 0 Å². The standard InChI is InChI=1S/C13H16N2OS/c1-10-5-3-4-6-13(10)17-9-12(16)11-7-8-15(2)14-11/h3-8,12,16H,9H2,1-2H3. The van der Waals surface area contributed by atoms with E-state index in [-0.39, 0.29) is 0 Å². The second kappa shape index (κ2) is 5.38. The van der Waals surface area contributed by atoms with E-state index < -0.39 is 6.10 Å². The van der Waals surface area contributed by atoms with Gasteiger partial charge < -0.3 is 5.11 Å². The number of hydrogen-bond acceptors (Lipinski definition) is 3. The van der Waals surface area contributed by atoms with E-state index in [1.54, 1.807) is 16.4 Å². The van der Waals surface area contributed by atoms with Gasteiger partial charge in [-0.3, -0.25) is 4.68 Å². The summed E-state index contributed by atoms with van der Waals surface area (Å²) in [5.74, 6) is 0.627. The first-order valence-electron chi connectivity index (χ1n) is 5.53. The first-order valence-corrected chi connectivity index (χ1v) is 6.51. The summed E-state index contributed by atoms with van der Waals surface area (Å²) in [4.78, 5) is 1.21. The van der Waals surface area contributed by atoms with Crippen LogP contribution in [0.4, 0.5) is 0 Å². The Kier molecular flexibility index (Phi) is 3.86. The molecule has 1 heterocycles. The zero-order chi connectivity index (χ0) is 12.3. The van der Waals surface area contributed by atoms with Crippen molar-refractivity contribution in [2.45, 2.75) is 17.9 Å². The predicted octanol–water partition coefficient (Wildman–Crippen LogP) is 2.55. The molecule has 90 valence electrons. The van der Waals surface area contributed by atoms with E-state index in [2.05, 4.69) is 24.2 Å². The predicted molar refractivity (Wildman–Crippen MR) is 70.1 cm³/mol. The minimum absolute atomic E-state index is 0.513. The molecule has 1 N–H and O–H groups in total. The molecule has 0 amide bonds. The van der Waals surface area contributed by atoms with Gasteiger partial charge in [-0.15, -0.1) is 11.8 Å². The van der Waals surface area contributed by atoms with Gasteiger partial charge in [-0.1, -0.05) is 18.2 Å². The van der Waals surface area contributed by atoms with Gasteiger partial charge in [0.15, 0.2) is 0 Å². The number of rotatable bonds is 4. The number of aliphatic hydroxyl groups is 1. The average Bonchev–Trinajstić information content (AvgIpc) is 2.74. The van der Waals surface area contributed by atoms with Crippen molar-refractivity contribution in [3.8, 4) is 0 Å². The molecule has 1 aromatic carbocycles. The molecule has 17 heavy (non-hydrogen) atoms. The van der Waals surface area contributed by atoms with Crippen LogP contribution in [0.1, 0.15) is 17.4 Å². The molecule has 0 spiro atoms. The SMILES string of the molecule is Cc1ccccc1SCC(O)c1ccn(C)n1. The molecule has 0 saturated carbocycles. The Morgan fingerprint density at radius 3 is 2.76 bits per heavy atom. The Labute approximate surface area is 105 Å². The summed E-state index contributed by atoms with van der Waals surface area (Å²) in [5.41, 5.74) is 1.97. The van der Waals surface area contributed by atoms with Gasteiger partial charge in [-0.25, -0.2) is 0 Å². The molecule has 1 atom stereocenters. The Balaban J connectivity index is 1.97. The first kappa shape index (κ1) is 12.2. The van der Waals surface area contributed by atoms with Gasteiger partial charge in [0.25, 0.3) is 0 Å². The molecule has 0 bridgehead atoms. The largest absolute Gasteiger partial charge is 0.386 e. The molecule has 0 fully saturated rings. The van der Waals surface area contributed by atoms with E-state index in [1.807, 2.05) is 31.4 Å². The summed E-state index contributed by atoms with van der Waals surface area (Å²) in [6.45, 7) is 2.08. The molecule has 2 rings (SSSR count). The lowest BCUT2D eigenvalue weighted by Crippen LogP contribution is -2.02. The van der Waals surface area contributed by atoms with Crippen molar-refractivity contribution in [3.05, 3.63) is 47.8 Å². The number of nitrogens with zero attached hydrogens (tertiary/aromatic N) is 2. The third kappa shape index (κ3) is 3.11. The monoisotopic (exact) mass is 248 g/mol. The zero-order valence-electron chi connectivity index (χ0n) is 10.00. The van der Waals surface area contributed by atoms with Crippen LogP contribution in [0.3, 0.4) is 0 Å². The maximum absolute atomic E-state index is 9.99. The van der Waals surface area contributed by atoms with E-state index >= 15 is 0 Å². The molecule has 0 aliphatic heterocycles. The number of aromatic nitrogens is 2. The molecule has 0 saturated heterocycles. The number of aryl methyl sites for hydroxylation is 2. The van der Waals surface area contributed by atoms with Crippen LogP contribution >= 0.6 is 11.8 Å². The van der Waals surface area contributed by atoms with Gasteiger partial charge in [-0.2, -0.15) is 5.10 Å². The lowest BCUT2D eigenvalue weighted by Gasteiger charge is -2.09. The summed E-state index contributed by atoms with van der Waals surface area (Å²) in [6.07, 6.45) is 1.33. The maximum atomic E-state index is 9.99. The van der Waals surface area contributed by atoms with E-state index in [0.717, 1.165) is 5.69 Å². The second-order valence-corrected chi connectivity index (χ2v) is 5.07. The molecular formula is C13H16N2OS. The minimum Gasteiger partial charge on any atom is -0.386 e. The molecule has 0 aliphatic carbocycles. The summed E-state index contributed by atoms with van der Waals surface area (Å²) in [7, 11) is 1.85. The Hall–Kier alpha value is -1.26. The van der Waals surface area contributed by atoms with Crippen molar-refractivity contribution in [2.75, 3.05) is 5.75 Å². The van der Waals surface area contributed by atoms with Crippen molar-refractivity contribution >= 4 is 11.8 Å². The van der Waals surface area contributed by atoms with Crippen molar-refractivity contribution in [3.63, 3.8) is 0 Å². The second-order valence-electron chi connectivity index (χ2n) is 4.01. The highest BCUT2D eigenvalue weighted by Crippen LogP contribution is 2.26. The number of thioether (sulfide) groups is 1. The van der Waals surface area contributed by atoms with Crippen molar-refractivity contribution in [2.24, 2.45) is 7.05 Å². The van der Waals surface area contributed by atoms with E-state index in [4.69, 9.17) is 0 Å². The van der Waals surface area contributed by atoms with Gasteiger partial charge in [0.05, 0.1) is 5.69 Å². The average molecular weight is 248 g/mol.